The fraction of sp³-hybridized carbons (Fsp3) is 0.786. The van der Waals surface area contributed by atoms with Gasteiger partial charge < -0.3 is 15.5 Å². The van der Waals surface area contributed by atoms with Crippen LogP contribution in [0.1, 0.15) is 34.1 Å². The maximum absolute atomic E-state index is 12.1. The lowest BCUT2D eigenvalue weighted by atomic mass is 10.1. The number of hydrogen-bond acceptors (Lipinski definition) is 3. The SMILES string of the molecule is CC(C)CN(CC(C)C)C(=O)C(=O)NCCCNC=O. The van der Waals surface area contributed by atoms with Crippen LogP contribution in [0, 0.1) is 11.8 Å². The van der Waals surface area contributed by atoms with E-state index in [4.69, 9.17) is 0 Å². The summed E-state index contributed by atoms with van der Waals surface area (Å²) in [5.74, 6) is -0.405. The van der Waals surface area contributed by atoms with Crippen molar-refractivity contribution in [2.45, 2.75) is 34.1 Å². The molecule has 0 fully saturated rings. The second-order valence-electron chi connectivity index (χ2n) is 5.68. The van der Waals surface area contributed by atoms with Gasteiger partial charge in [0.1, 0.15) is 0 Å². The molecule has 0 bridgehead atoms. The summed E-state index contributed by atoms with van der Waals surface area (Å²) in [5.41, 5.74) is 0. The Morgan fingerprint density at radius 3 is 2.05 bits per heavy atom. The third kappa shape index (κ3) is 8.50. The number of carbonyl (C=O) groups is 3. The first-order valence-electron chi connectivity index (χ1n) is 7.12. The predicted octanol–water partition coefficient (Wildman–Crippen LogP) is 0.379. The van der Waals surface area contributed by atoms with E-state index < -0.39 is 11.8 Å². The number of carbonyl (C=O) groups excluding carboxylic acids is 3. The molecule has 0 rings (SSSR count). The summed E-state index contributed by atoms with van der Waals surface area (Å²) in [6.07, 6.45) is 1.21. The highest BCUT2D eigenvalue weighted by Crippen LogP contribution is 2.04. The van der Waals surface area contributed by atoms with Crippen molar-refractivity contribution in [3.8, 4) is 0 Å². The lowest BCUT2D eigenvalue weighted by molar-refractivity contribution is -0.146. The average molecular weight is 285 g/mol. The minimum absolute atomic E-state index is 0.322. The van der Waals surface area contributed by atoms with Gasteiger partial charge >= 0.3 is 11.8 Å². The van der Waals surface area contributed by atoms with Crippen molar-refractivity contribution in [3.05, 3.63) is 0 Å². The topological polar surface area (TPSA) is 78.5 Å². The van der Waals surface area contributed by atoms with Crippen molar-refractivity contribution in [1.29, 1.82) is 0 Å². The molecule has 0 saturated carbocycles. The fourth-order valence-electron chi connectivity index (χ4n) is 1.79. The highest BCUT2D eigenvalue weighted by Gasteiger charge is 2.22. The standard InChI is InChI=1S/C14H27N3O3/c1-11(2)8-17(9-12(3)4)14(20)13(19)16-7-5-6-15-10-18/h10-12H,5-9H2,1-4H3,(H,15,18)(H,16,19). The van der Waals surface area contributed by atoms with Gasteiger partial charge in [-0.15, -0.1) is 0 Å². The van der Waals surface area contributed by atoms with Crippen LogP contribution in [0.2, 0.25) is 0 Å². The van der Waals surface area contributed by atoms with Gasteiger partial charge in [0, 0.05) is 26.2 Å². The Balaban J connectivity index is 4.26. The van der Waals surface area contributed by atoms with E-state index in [1.165, 1.54) is 0 Å². The van der Waals surface area contributed by atoms with Crippen molar-refractivity contribution in [1.82, 2.24) is 15.5 Å². The van der Waals surface area contributed by atoms with Gasteiger partial charge in [0.2, 0.25) is 6.41 Å². The second kappa shape index (κ2) is 10.2. The van der Waals surface area contributed by atoms with E-state index in [-0.39, 0.29) is 0 Å². The molecule has 0 aromatic rings. The number of nitrogens with one attached hydrogen (secondary N) is 2. The molecule has 0 aromatic carbocycles. The zero-order valence-electron chi connectivity index (χ0n) is 12.9. The highest BCUT2D eigenvalue weighted by molar-refractivity contribution is 6.35. The van der Waals surface area contributed by atoms with Gasteiger partial charge in [-0.2, -0.15) is 0 Å². The van der Waals surface area contributed by atoms with Crippen molar-refractivity contribution in [2.75, 3.05) is 26.2 Å². The van der Waals surface area contributed by atoms with Crippen LogP contribution in [0.3, 0.4) is 0 Å². The van der Waals surface area contributed by atoms with Gasteiger partial charge in [0.05, 0.1) is 0 Å². The monoisotopic (exact) mass is 285 g/mol. The van der Waals surface area contributed by atoms with Crippen LogP contribution in [-0.4, -0.2) is 49.3 Å². The van der Waals surface area contributed by atoms with Gasteiger partial charge in [-0.1, -0.05) is 27.7 Å². The molecule has 2 N–H and O–H groups in total. The van der Waals surface area contributed by atoms with Crippen molar-refractivity contribution in [3.63, 3.8) is 0 Å². The number of amides is 3. The number of rotatable bonds is 9. The molecule has 116 valence electrons. The molecular formula is C14H27N3O3. The first kappa shape index (κ1) is 18.4. The Morgan fingerprint density at radius 2 is 1.60 bits per heavy atom. The van der Waals surface area contributed by atoms with Gasteiger partial charge in [-0.05, 0) is 18.3 Å². The first-order valence-corrected chi connectivity index (χ1v) is 7.12. The number of hydrogen-bond donors (Lipinski definition) is 2. The highest BCUT2D eigenvalue weighted by atomic mass is 16.2. The van der Waals surface area contributed by atoms with Gasteiger partial charge in [0.25, 0.3) is 0 Å². The van der Waals surface area contributed by atoms with E-state index in [1.54, 1.807) is 4.90 Å². The Bertz CT molecular complexity index is 307. The average Bonchev–Trinajstić information content (AvgIpc) is 2.35. The van der Waals surface area contributed by atoms with Gasteiger partial charge in [-0.3, -0.25) is 14.4 Å². The lowest BCUT2D eigenvalue weighted by Crippen LogP contribution is -2.46. The van der Waals surface area contributed by atoms with Crippen LogP contribution < -0.4 is 10.6 Å². The Hall–Kier alpha value is -1.59. The third-order valence-electron chi connectivity index (χ3n) is 2.52. The zero-order chi connectivity index (χ0) is 15.5. The second-order valence-corrected chi connectivity index (χ2v) is 5.68. The molecule has 0 aliphatic carbocycles. The van der Waals surface area contributed by atoms with Crippen LogP contribution in [0.15, 0.2) is 0 Å². The zero-order valence-corrected chi connectivity index (χ0v) is 12.9. The van der Waals surface area contributed by atoms with Crippen molar-refractivity contribution in [2.24, 2.45) is 11.8 Å². The molecule has 0 aromatic heterocycles. The summed E-state index contributed by atoms with van der Waals surface area (Å²) in [7, 11) is 0. The summed E-state index contributed by atoms with van der Waals surface area (Å²) in [6, 6.07) is 0. The molecule has 0 unspecified atom stereocenters. The van der Waals surface area contributed by atoms with Gasteiger partial charge in [-0.25, -0.2) is 0 Å². The van der Waals surface area contributed by atoms with Crippen molar-refractivity contribution >= 4 is 18.2 Å². The molecule has 3 amide bonds. The molecule has 0 aliphatic rings. The van der Waals surface area contributed by atoms with E-state index in [1.807, 2.05) is 27.7 Å². The van der Waals surface area contributed by atoms with E-state index in [0.29, 0.717) is 50.8 Å². The van der Waals surface area contributed by atoms with E-state index in [2.05, 4.69) is 10.6 Å². The number of nitrogens with zero attached hydrogens (tertiary/aromatic N) is 1. The molecule has 0 radical (unpaired) electrons. The summed E-state index contributed by atoms with van der Waals surface area (Å²) >= 11 is 0. The first-order chi connectivity index (χ1) is 9.38. The van der Waals surface area contributed by atoms with E-state index >= 15 is 0 Å². The van der Waals surface area contributed by atoms with Crippen LogP contribution in [0.4, 0.5) is 0 Å². The molecule has 0 aliphatic heterocycles. The smallest absolute Gasteiger partial charge is 0.311 e. The molecule has 0 saturated heterocycles. The molecule has 0 spiro atoms. The quantitative estimate of drug-likeness (QED) is 0.365. The minimum atomic E-state index is -0.572. The maximum Gasteiger partial charge on any atom is 0.311 e. The lowest BCUT2D eigenvalue weighted by Gasteiger charge is -2.25. The Labute approximate surface area is 121 Å². The molecule has 6 heteroatoms. The summed E-state index contributed by atoms with van der Waals surface area (Å²) in [5, 5.41) is 5.08. The van der Waals surface area contributed by atoms with Crippen LogP contribution >= 0.6 is 0 Å². The van der Waals surface area contributed by atoms with Crippen LogP contribution in [0.25, 0.3) is 0 Å². The van der Waals surface area contributed by atoms with E-state index in [0.717, 1.165) is 0 Å². The fourth-order valence-corrected chi connectivity index (χ4v) is 1.79. The molecule has 6 nitrogen and oxygen atoms in total. The third-order valence-corrected chi connectivity index (χ3v) is 2.52. The molecule has 0 heterocycles. The van der Waals surface area contributed by atoms with Crippen molar-refractivity contribution < 1.29 is 14.4 Å². The maximum atomic E-state index is 12.1. The van der Waals surface area contributed by atoms with E-state index in [9.17, 15) is 14.4 Å². The van der Waals surface area contributed by atoms with Crippen LogP contribution in [0.5, 0.6) is 0 Å². The predicted molar refractivity (Wildman–Crippen MR) is 77.9 cm³/mol. The Morgan fingerprint density at radius 1 is 1.05 bits per heavy atom. The summed E-state index contributed by atoms with van der Waals surface area (Å²) in [4.78, 5) is 35.5. The van der Waals surface area contributed by atoms with Gasteiger partial charge in [0.15, 0.2) is 0 Å². The molecule has 0 atom stereocenters. The van der Waals surface area contributed by atoms with Crippen LogP contribution in [-0.2, 0) is 14.4 Å². The molecule has 20 heavy (non-hydrogen) atoms. The normalized spacial score (nSPS) is 10.5. The minimum Gasteiger partial charge on any atom is -0.359 e. The molecular weight excluding hydrogens is 258 g/mol. The largest absolute Gasteiger partial charge is 0.359 e. The summed E-state index contributed by atoms with van der Waals surface area (Å²) < 4.78 is 0. The Kier molecular flexibility index (Phi) is 9.41. The summed E-state index contributed by atoms with van der Waals surface area (Å²) in [6.45, 7) is 10.1.